The van der Waals surface area contributed by atoms with Gasteiger partial charge in [-0.05, 0) is 24.6 Å². The van der Waals surface area contributed by atoms with Gasteiger partial charge in [0.2, 0.25) is 0 Å². The third kappa shape index (κ3) is 5.54. The van der Waals surface area contributed by atoms with Crippen LogP contribution in [0.2, 0.25) is 0 Å². The van der Waals surface area contributed by atoms with Crippen molar-refractivity contribution in [1.82, 2.24) is 5.32 Å². The van der Waals surface area contributed by atoms with Crippen molar-refractivity contribution in [3.8, 4) is 11.8 Å². The Morgan fingerprint density at radius 3 is 2.86 bits per heavy atom. The molecule has 0 heterocycles. The summed E-state index contributed by atoms with van der Waals surface area (Å²) in [5.74, 6) is 4.34. The van der Waals surface area contributed by atoms with Gasteiger partial charge in [0.15, 0.2) is 0 Å². The SMILES string of the molecule is CCC(COC)NC(=O)c1ccc(C#CCCO)cc1F. The smallest absolute Gasteiger partial charge is 0.254 e. The molecule has 0 bridgehead atoms. The zero-order chi connectivity index (χ0) is 15.7. The number of aliphatic hydroxyl groups is 1. The van der Waals surface area contributed by atoms with Crippen LogP contribution in [-0.2, 0) is 4.74 Å². The first-order valence-corrected chi connectivity index (χ1v) is 6.81. The third-order valence-corrected chi connectivity index (χ3v) is 2.88. The lowest BCUT2D eigenvalue weighted by atomic mass is 10.1. The fourth-order valence-corrected chi connectivity index (χ4v) is 1.72. The van der Waals surface area contributed by atoms with Gasteiger partial charge in [0, 0.05) is 19.1 Å². The fraction of sp³-hybridized carbons (Fsp3) is 0.438. The summed E-state index contributed by atoms with van der Waals surface area (Å²) in [6.07, 6.45) is 1.03. The molecular formula is C16H20FNO3. The van der Waals surface area contributed by atoms with Crippen molar-refractivity contribution in [2.75, 3.05) is 20.3 Å². The van der Waals surface area contributed by atoms with Crippen LogP contribution in [0.15, 0.2) is 18.2 Å². The first-order chi connectivity index (χ1) is 10.1. The van der Waals surface area contributed by atoms with Gasteiger partial charge in [-0.2, -0.15) is 0 Å². The zero-order valence-corrected chi connectivity index (χ0v) is 12.3. The van der Waals surface area contributed by atoms with Crippen molar-refractivity contribution >= 4 is 5.91 Å². The Kier molecular flexibility index (Phi) is 7.44. The minimum Gasteiger partial charge on any atom is -0.395 e. The predicted octanol–water partition coefficient (Wildman–Crippen LogP) is 1.71. The fourth-order valence-electron chi connectivity index (χ4n) is 1.72. The molecular weight excluding hydrogens is 273 g/mol. The minimum absolute atomic E-state index is 0.0164. The quantitative estimate of drug-likeness (QED) is 0.785. The maximum absolute atomic E-state index is 13.9. The van der Waals surface area contributed by atoms with Crippen molar-refractivity contribution in [1.29, 1.82) is 0 Å². The van der Waals surface area contributed by atoms with Gasteiger partial charge in [-0.25, -0.2) is 4.39 Å². The summed E-state index contributed by atoms with van der Waals surface area (Å²) in [4.78, 5) is 12.0. The number of amides is 1. The summed E-state index contributed by atoms with van der Waals surface area (Å²) in [6.45, 7) is 2.27. The molecule has 5 heteroatoms. The molecule has 1 unspecified atom stereocenters. The van der Waals surface area contributed by atoms with E-state index in [9.17, 15) is 9.18 Å². The van der Waals surface area contributed by atoms with Gasteiger partial charge in [0.25, 0.3) is 5.91 Å². The molecule has 0 aliphatic heterocycles. The largest absolute Gasteiger partial charge is 0.395 e. The van der Waals surface area contributed by atoms with Gasteiger partial charge in [-0.3, -0.25) is 4.79 Å². The highest BCUT2D eigenvalue weighted by molar-refractivity contribution is 5.94. The van der Waals surface area contributed by atoms with Crippen LogP contribution in [-0.4, -0.2) is 37.4 Å². The summed E-state index contributed by atoms with van der Waals surface area (Å²) in [7, 11) is 1.55. The van der Waals surface area contributed by atoms with Gasteiger partial charge >= 0.3 is 0 Å². The molecule has 0 radical (unpaired) electrons. The second-order valence-electron chi connectivity index (χ2n) is 4.50. The van der Waals surface area contributed by atoms with Gasteiger partial charge in [-0.15, -0.1) is 0 Å². The van der Waals surface area contributed by atoms with Crippen LogP contribution in [0.3, 0.4) is 0 Å². The van der Waals surface area contributed by atoms with E-state index < -0.39 is 11.7 Å². The average Bonchev–Trinajstić information content (AvgIpc) is 2.47. The second-order valence-corrected chi connectivity index (χ2v) is 4.50. The summed E-state index contributed by atoms with van der Waals surface area (Å²) in [5, 5.41) is 11.4. The normalized spacial score (nSPS) is 11.4. The topological polar surface area (TPSA) is 58.6 Å². The summed E-state index contributed by atoms with van der Waals surface area (Å²) < 4.78 is 18.9. The van der Waals surface area contributed by atoms with Crippen molar-refractivity contribution in [3.05, 3.63) is 35.1 Å². The summed E-state index contributed by atoms with van der Waals surface area (Å²) >= 11 is 0. The number of ether oxygens (including phenoxy) is 1. The predicted molar refractivity (Wildman–Crippen MR) is 78.4 cm³/mol. The van der Waals surface area contributed by atoms with Crippen LogP contribution < -0.4 is 5.32 Å². The highest BCUT2D eigenvalue weighted by atomic mass is 19.1. The van der Waals surface area contributed by atoms with Crippen LogP contribution in [0.1, 0.15) is 35.7 Å². The number of carbonyl (C=O) groups excluding carboxylic acids is 1. The van der Waals surface area contributed by atoms with E-state index in [2.05, 4.69) is 17.2 Å². The average molecular weight is 293 g/mol. The molecule has 0 aliphatic rings. The number of halogens is 1. The molecule has 2 N–H and O–H groups in total. The molecule has 21 heavy (non-hydrogen) atoms. The van der Waals surface area contributed by atoms with Crippen molar-refractivity contribution in [2.24, 2.45) is 0 Å². The van der Waals surface area contributed by atoms with Gasteiger partial charge in [-0.1, -0.05) is 18.8 Å². The second kappa shape index (κ2) is 9.11. The molecule has 1 aromatic carbocycles. The molecule has 1 aromatic rings. The van der Waals surface area contributed by atoms with Crippen molar-refractivity contribution in [2.45, 2.75) is 25.8 Å². The molecule has 0 saturated heterocycles. The molecule has 0 saturated carbocycles. The minimum atomic E-state index is -0.615. The Hall–Kier alpha value is -1.90. The Balaban J connectivity index is 2.80. The van der Waals surface area contributed by atoms with Crippen molar-refractivity contribution < 1.29 is 19.0 Å². The number of methoxy groups -OCH3 is 1. The molecule has 0 fully saturated rings. The number of benzene rings is 1. The number of carbonyl (C=O) groups is 1. The molecule has 1 rings (SSSR count). The molecule has 114 valence electrons. The van der Waals surface area contributed by atoms with Crippen LogP contribution in [0.4, 0.5) is 4.39 Å². The lowest BCUT2D eigenvalue weighted by Crippen LogP contribution is -2.37. The van der Waals surface area contributed by atoms with Crippen molar-refractivity contribution in [3.63, 3.8) is 0 Å². The lowest BCUT2D eigenvalue weighted by Gasteiger charge is -2.16. The Bertz CT molecular complexity index is 534. The highest BCUT2D eigenvalue weighted by Gasteiger charge is 2.15. The lowest BCUT2D eigenvalue weighted by molar-refractivity contribution is 0.0890. The number of hydrogen-bond acceptors (Lipinski definition) is 3. The maximum atomic E-state index is 13.9. The van der Waals surface area contributed by atoms with Gasteiger partial charge < -0.3 is 15.2 Å². The van der Waals surface area contributed by atoms with E-state index in [1.54, 1.807) is 13.2 Å². The van der Waals surface area contributed by atoms with E-state index in [1.165, 1.54) is 12.1 Å². The van der Waals surface area contributed by atoms with E-state index in [0.717, 1.165) is 0 Å². The van der Waals surface area contributed by atoms with E-state index in [-0.39, 0.29) is 18.2 Å². The Labute approximate surface area is 124 Å². The number of nitrogens with one attached hydrogen (secondary N) is 1. The van der Waals surface area contributed by atoms with E-state index >= 15 is 0 Å². The number of hydrogen-bond donors (Lipinski definition) is 2. The van der Waals surface area contributed by atoms with Crippen LogP contribution >= 0.6 is 0 Å². The molecule has 4 nitrogen and oxygen atoms in total. The van der Waals surface area contributed by atoms with Crippen LogP contribution in [0, 0.1) is 17.7 Å². The van der Waals surface area contributed by atoms with E-state index in [1.807, 2.05) is 6.92 Å². The standard InChI is InChI=1S/C16H20FNO3/c1-3-13(11-21-2)18-16(20)14-8-7-12(10-15(14)17)6-4-5-9-19/h7-8,10,13,19H,3,5,9,11H2,1-2H3,(H,18,20). The number of aliphatic hydroxyl groups excluding tert-OH is 1. The first kappa shape index (κ1) is 17.2. The monoisotopic (exact) mass is 293 g/mol. The molecule has 0 aromatic heterocycles. The summed E-state index contributed by atoms with van der Waals surface area (Å²) in [5.41, 5.74) is 0.457. The van der Waals surface area contributed by atoms with Crippen LogP contribution in [0.5, 0.6) is 0 Å². The Morgan fingerprint density at radius 1 is 1.52 bits per heavy atom. The maximum Gasteiger partial charge on any atom is 0.254 e. The van der Waals surface area contributed by atoms with Crippen LogP contribution in [0.25, 0.3) is 0 Å². The van der Waals surface area contributed by atoms with E-state index in [4.69, 9.17) is 9.84 Å². The molecule has 1 atom stereocenters. The van der Waals surface area contributed by atoms with Gasteiger partial charge in [0.05, 0.1) is 24.8 Å². The molecule has 1 amide bonds. The molecule has 0 aliphatic carbocycles. The third-order valence-electron chi connectivity index (χ3n) is 2.88. The first-order valence-electron chi connectivity index (χ1n) is 6.81. The summed E-state index contributed by atoms with van der Waals surface area (Å²) in [6, 6.07) is 4.06. The van der Waals surface area contributed by atoms with E-state index in [0.29, 0.717) is 25.0 Å². The number of rotatable bonds is 6. The van der Waals surface area contributed by atoms with Gasteiger partial charge in [0.1, 0.15) is 5.82 Å². The molecule has 0 spiro atoms. The highest BCUT2D eigenvalue weighted by Crippen LogP contribution is 2.10. The zero-order valence-electron chi connectivity index (χ0n) is 12.3. The Morgan fingerprint density at radius 2 is 2.29 bits per heavy atom.